The Kier molecular flexibility index (Phi) is 4.75. The Bertz CT molecular complexity index is 415. The highest BCUT2D eigenvalue weighted by atomic mass is 79.9. The van der Waals surface area contributed by atoms with Gasteiger partial charge in [-0.25, -0.2) is 0 Å². The predicted octanol–water partition coefficient (Wildman–Crippen LogP) is 3.87. The third-order valence-electron chi connectivity index (χ3n) is 3.33. The van der Waals surface area contributed by atoms with E-state index >= 15 is 0 Å². The fourth-order valence-corrected chi connectivity index (χ4v) is 2.01. The number of carbonyl (C=O) groups excluding carboxylic acids is 1. The van der Waals surface area contributed by atoms with Crippen molar-refractivity contribution < 1.29 is 4.79 Å². The van der Waals surface area contributed by atoms with Gasteiger partial charge in [0, 0.05) is 23.1 Å². The summed E-state index contributed by atoms with van der Waals surface area (Å²) in [5.74, 6) is 0.543. The molecule has 1 rings (SSSR count). The van der Waals surface area contributed by atoms with Gasteiger partial charge in [0.1, 0.15) is 0 Å². The largest absolute Gasteiger partial charge is 0.339 e. The SMILES string of the molecule is Cc1ccc(Br)cc1C(=O)N(C)C(C)C(C)C. The number of amides is 1. The van der Waals surface area contributed by atoms with E-state index in [4.69, 9.17) is 0 Å². The van der Waals surface area contributed by atoms with E-state index < -0.39 is 0 Å². The Morgan fingerprint density at radius 2 is 1.88 bits per heavy atom. The second-order valence-electron chi connectivity index (χ2n) is 4.86. The van der Waals surface area contributed by atoms with E-state index in [9.17, 15) is 4.79 Å². The first-order chi connectivity index (χ1) is 7.84. The van der Waals surface area contributed by atoms with Crippen LogP contribution in [0.2, 0.25) is 0 Å². The van der Waals surface area contributed by atoms with Gasteiger partial charge in [0.15, 0.2) is 0 Å². The molecule has 0 fully saturated rings. The van der Waals surface area contributed by atoms with Crippen molar-refractivity contribution in [2.75, 3.05) is 7.05 Å². The van der Waals surface area contributed by atoms with Gasteiger partial charge in [0.05, 0.1) is 0 Å². The minimum absolute atomic E-state index is 0.0880. The van der Waals surface area contributed by atoms with Crippen LogP contribution in [0.3, 0.4) is 0 Å². The topological polar surface area (TPSA) is 20.3 Å². The highest BCUT2D eigenvalue weighted by molar-refractivity contribution is 9.10. The molecule has 2 nitrogen and oxygen atoms in total. The summed E-state index contributed by atoms with van der Waals surface area (Å²) in [6, 6.07) is 6.05. The van der Waals surface area contributed by atoms with Gasteiger partial charge in [-0.05, 0) is 37.5 Å². The van der Waals surface area contributed by atoms with Crippen LogP contribution in [-0.4, -0.2) is 23.9 Å². The van der Waals surface area contributed by atoms with E-state index in [1.165, 1.54) is 0 Å². The molecule has 0 heterocycles. The van der Waals surface area contributed by atoms with Gasteiger partial charge in [-0.3, -0.25) is 4.79 Å². The molecule has 0 aromatic heterocycles. The summed E-state index contributed by atoms with van der Waals surface area (Å²) in [6.07, 6.45) is 0. The maximum absolute atomic E-state index is 12.4. The molecular formula is C14H20BrNO. The predicted molar refractivity (Wildman–Crippen MR) is 75.3 cm³/mol. The van der Waals surface area contributed by atoms with E-state index in [2.05, 4.69) is 36.7 Å². The second-order valence-corrected chi connectivity index (χ2v) is 5.78. The lowest BCUT2D eigenvalue weighted by atomic mass is 10.0. The molecule has 1 atom stereocenters. The molecule has 1 amide bonds. The Morgan fingerprint density at radius 3 is 2.41 bits per heavy atom. The molecule has 0 aliphatic rings. The molecule has 3 heteroatoms. The van der Waals surface area contributed by atoms with Crippen molar-refractivity contribution in [3.8, 4) is 0 Å². The summed E-state index contributed by atoms with van der Waals surface area (Å²) in [7, 11) is 1.87. The van der Waals surface area contributed by atoms with Crippen LogP contribution in [0.4, 0.5) is 0 Å². The van der Waals surface area contributed by atoms with Crippen LogP contribution in [0.5, 0.6) is 0 Å². The van der Waals surface area contributed by atoms with Crippen molar-refractivity contribution in [2.24, 2.45) is 5.92 Å². The van der Waals surface area contributed by atoms with Crippen molar-refractivity contribution >= 4 is 21.8 Å². The molecule has 0 N–H and O–H groups in total. The summed E-state index contributed by atoms with van der Waals surface area (Å²) in [4.78, 5) is 14.2. The molecule has 0 aliphatic heterocycles. The minimum atomic E-state index is 0.0880. The molecule has 0 bridgehead atoms. The first-order valence-corrected chi connectivity index (χ1v) is 6.67. The molecule has 0 saturated heterocycles. The average Bonchev–Trinajstić information content (AvgIpc) is 2.29. The number of benzene rings is 1. The quantitative estimate of drug-likeness (QED) is 0.829. The summed E-state index contributed by atoms with van der Waals surface area (Å²) in [5.41, 5.74) is 1.79. The van der Waals surface area contributed by atoms with Crippen LogP contribution in [0, 0.1) is 12.8 Å². The van der Waals surface area contributed by atoms with Crippen molar-refractivity contribution in [1.82, 2.24) is 4.90 Å². The van der Waals surface area contributed by atoms with Gasteiger partial charge < -0.3 is 4.90 Å². The van der Waals surface area contributed by atoms with Gasteiger partial charge in [-0.2, -0.15) is 0 Å². The lowest BCUT2D eigenvalue weighted by Crippen LogP contribution is -2.38. The van der Waals surface area contributed by atoms with E-state index in [1.807, 2.05) is 37.1 Å². The van der Waals surface area contributed by atoms with Crippen LogP contribution in [0.15, 0.2) is 22.7 Å². The maximum atomic E-state index is 12.4. The van der Waals surface area contributed by atoms with Crippen molar-refractivity contribution in [2.45, 2.75) is 33.7 Å². The Morgan fingerprint density at radius 1 is 1.29 bits per heavy atom. The lowest BCUT2D eigenvalue weighted by Gasteiger charge is -2.28. The zero-order chi connectivity index (χ0) is 13.2. The van der Waals surface area contributed by atoms with Gasteiger partial charge in [-0.1, -0.05) is 35.8 Å². The number of rotatable bonds is 3. The first-order valence-electron chi connectivity index (χ1n) is 5.88. The zero-order valence-corrected chi connectivity index (χ0v) is 12.7. The molecule has 94 valence electrons. The number of hydrogen-bond donors (Lipinski definition) is 0. The number of hydrogen-bond acceptors (Lipinski definition) is 1. The smallest absolute Gasteiger partial charge is 0.254 e. The number of carbonyl (C=O) groups is 1. The summed E-state index contributed by atoms with van der Waals surface area (Å²) >= 11 is 3.41. The molecule has 17 heavy (non-hydrogen) atoms. The number of aryl methyl sites for hydroxylation is 1. The van der Waals surface area contributed by atoms with Crippen LogP contribution >= 0.6 is 15.9 Å². The fourth-order valence-electron chi connectivity index (χ4n) is 1.65. The van der Waals surface area contributed by atoms with E-state index in [0.717, 1.165) is 15.6 Å². The Hall–Kier alpha value is -0.830. The van der Waals surface area contributed by atoms with Crippen molar-refractivity contribution in [1.29, 1.82) is 0 Å². The van der Waals surface area contributed by atoms with E-state index in [-0.39, 0.29) is 11.9 Å². The lowest BCUT2D eigenvalue weighted by molar-refractivity contribution is 0.0706. The standard InChI is InChI=1S/C14H20BrNO/c1-9(2)11(4)16(5)14(17)13-8-12(15)7-6-10(13)3/h6-9,11H,1-5H3. The molecule has 1 unspecified atom stereocenters. The fraction of sp³-hybridized carbons (Fsp3) is 0.500. The van der Waals surface area contributed by atoms with Crippen LogP contribution in [-0.2, 0) is 0 Å². The molecule has 0 aliphatic carbocycles. The van der Waals surface area contributed by atoms with E-state index in [0.29, 0.717) is 5.92 Å². The Balaban J connectivity index is 3.00. The molecule has 1 aromatic rings. The van der Waals surface area contributed by atoms with Crippen LogP contribution in [0.25, 0.3) is 0 Å². The van der Waals surface area contributed by atoms with Crippen molar-refractivity contribution in [3.05, 3.63) is 33.8 Å². The molecule has 1 aromatic carbocycles. The van der Waals surface area contributed by atoms with Gasteiger partial charge in [0.2, 0.25) is 0 Å². The molecule has 0 radical (unpaired) electrons. The third kappa shape index (κ3) is 3.32. The molecular weight excluding hydrogens is 278 g/mol. The first kappa shape index (κ1) is 14.2. The summed E-state index contributed by atoms with van der Waals surface area (Å²) < 4.78 is 0.942. The maximum Gasteiger partial charge on any atom is 0.254 e. The zero-order valence-electron chi connectivity index (χ0n) is 11.1. The second kappa shape index (κ2) is 5.67. The highest BCUT2D eigenvalue weighted by Crippen LogP contribution is 2.19. The molecule has 0 saturated carbocycles. The summed E-state index contributed by atoms with van der Waals surface area (Å²) in [5, 5.41) is 0. The normalized spacial score (nSPS) is 12.6. The summed E-state index contributed by atoms with van der Waals surface area (Å²) in [6.45, 7) is 8.30. The van der Waals surface area contributed by atoms with E-state index in [1.54, 1.807) is 0 Å². The Labute approximate surface area is 112 Å². The van der Waals surface area contributed by atoms with Gasteiger partial charge in [0.25, 0.3) is 5.91 Å². The van der Waals surface area contributed by atoms with Crippen LogP contribution in [0.1, 0.15) is 36.7 Å². The minimum Gasteiger partial charge on any atom is -0.339 e. The monoisotopic (exact) mass is 297 g/mol. The van der Waals surface area contributed by atoms with Gasteiger partial charge >= 0.3 is 0 Å². The molecule has 0 spiro atoms. The van der Waals surface area contributed by atoms with Gasteiger partial charge in [-0.15, -0.1) is 0 Å². The van der Waals surface area contributed by atoms with Crippen LogP contribution < -0.4 is 0 Å². The third-order valence-corrected chi connectivity index (χ3v) is 3.82. The average molecular weight is 298 g/mol. The number of halogens is 1. The number of nitrogens with zero attached hydrogens (tertiary/aromatic N) is 1. The highest BCUT2D eigenvalue weighted by Gasteiger charge is 2.21. The van der Waals surface area contributed by atoms with Crippen molar-refractivity contribution in [3.63, 3.8) is 0 Å².